The molecular formula is C32H41N3O5S. The van der Waals surface area contributed by atoms with Gasteiger partial charge in [-0.05, 0) is 53.8 Å². The van der Waals surface area contributed by atoms with Crippen LogP contribution in [0.2, 0.25) is 0 Å². The number of amides is 2. The van der Waals surface area contributed by atoms with E-state index in [0.717, 1.165) is 36.0 Å². The van der Waals surface area contributed by atoms with Gasteiger partial charge < -0.3 is 15.0 Å². The standard InChI is InChI=1S/C32H41N3O5S/c1-4-6-10-23-33-32(37)31(27-11-8-7-9-12-27)35(24-26-13-18-28(40-3)19-14-26)30(36)22-17-25-15-20-29(21-16-25)41(38,39)34-5-2/h7-9,11-16,18-21,31,34H,4-6,10,17,22-24H2,1-3H3,(H,33,37)/t31-/m0/s1. The maximum absolute atomic E-state index is 13.9. The van der Waals surface area contributed by atoms with E-state index in [1.54, 1.807) is 43.2 Å². The monoisotopic (exact) mass is 579 g/mol. The van der Waals surface area contributed by atoms with Gasteiger partial charge in [-0.15, -0.1) is 0 Å². The summed E-state index contributed by atoms with van der Waals surface area (Å²) < 4.78 is 32.3. The molecule has 0 saturated carbocycles. The van der Waals surface area contributed by atoms with E-state index >= 15 is 0 Å². The van der Waals surface area contributed by atoms with Gasteiger partial charge in [0.25, 0.3) is 0 Å². The molecule has 9 heteroatoms. The van der Waals surface area contributed by atoms with Crippen molar-refractivity contribution in [1.82, 2.24) is 14.9 Å². The molecule has 1 atom stereocenters. The second-order valence-electron chi connectivity index (χ2n) is 9.83. The normalized spacial score (nSPS) is 12.0. The molecule has 220 valence electrons. The van der Waals surface area contributed by atoms with Crippen LogP contribution >= 0.6 is 0 Å². The van der Waals surface area contributed by atoms with Gasteiger partial charge in [-0.1, -0.05) is 81.3 Å². The molecule has 0 fully saturated rings. The number of methoxy groups -OCH3 is 1. The van der Waals surface area contributed by atoms with Gasteiger partial charge in [0.05, 0.1) is 12.0 Å². The topological polar surface area (TPSA) is 105 Å². The Kier molecular flexibility index (Phi) is 12.4. The second-order valence-corrected chi connectivity index (χ2v) is 11.6. The lowest BCUT2D eigenvalue weighted by atomic mass is 10.0. The highest BCUT2D eigenvalue weighted by atomic mass is 32.2. The predicted molar refractivity (Wildman–Crippen MR) is 161 cm³/mol. The molecule has 0 aliphatic carbocycles. The third-order valence-corrected chi connectivity index (χ3v) is 8.34. The highest BCUT2D eigenvalue weighted by Gasteiger charge is 2.31. The minimum Gasteiger partial charge on any atom is -0.497 e. The Bertz CT molecular complexity index is 1340. The van der Waals surface area contributed by atoms with Crippen LogP contribution in [0.4, 0.5) is 0 Å². The number of rotatable bonds is 16. The summed E-state index contributed by atoms with van der Waals surface area (Å²) in [5.41, 5.74) is 2.44. The molecule has 0 aliphatic heterocycles. The first-order valence-electron chi connectivity index (χ1n) is 14.1. The van der Waals surface area contributed by atoms with Gasteiger partial charge in [-0.25, -0.2) is 13.1 Å². The number of aryl methyl sites for hydroxylation is 1. The van der Waals surface area contributed by atoms with E-state index < -0.39 is 16.1 Å². The summed E-state index contributed by atoms with van der Waals surface area (Å²) in [6.45, 7) is 4.92. The van der Waals surface area contributed by atoms with Gasteiger partial charge in [0, 0.05) is 26.1 Å². The molecule has 2 amide bonds. The summed E-state index contributed by atoms with van der Waals surface area (Å²) >= 11 is 0. The van der Waals surface area contributed by atoms with Crippen LogP contribution in [0.25, 0.3) is 0 Å². The Morgan fingerprint density at radius 2 is 1.54 bits per heavy atom. The molecule has 0 heterocycles. The van der Waals surface area contributed by atoms with Crippen molar-refractivity contribution in [3.63, 3.8) is 0 Å². The summed E-state index contributed by atoms with van der Waals surface area (Å²) in [4.78, 5) is 29.3. The van der Waals surface area contributed by atoms with Gasteiger partial charge in [-0.2, -0.15) is 0 Å². The van der Waals surface area contributed by atoms with Crippen LogP contribution in [0.15, 0.2) is 83.8 Å². The molecule has 3 aromatic carbocycles. The zero-order chi connectivity index (χ0) is 29.7. The predicted octanol–water partition coefficient (Wildman–Crippen LogP) is 5.00. The molecule has 2 N–H and O–H groups in total. The van der Waals surface area contributed by atoms with Crippen molar-refractivity contribution in [2.24, 2.45) is 0 Å². The average molecular weight is 580 g/mol. The molecule has 0 saturated heterocycles. The number of benzene rings is 3. The van der Waals surface area contributed by atoms with Crippen molar-refractivity contribution in [3.8, 4) is 5.75 Å². The maximum Gasteiger partial charge on any atom is 0.247 e. The fourth-order valence-electron chi connectivity index (χ4n) is 4.55. The van der Waals surface area contributed by atoms with E-state index in [1.807, 2.05) is 54.6 Å². The van der Waals surface area contributed by atoms with Crippen molar-refractivity contribution >= 4 is 21.8 Å². The van der Waals surface area contributed by atoms with Crippen LogP contribution in [0.5, 0.6) is 5.75 Å². The summed E-state index contributed by atoms with van der Waals surface area (Å²) in [6, 6.07) is 22.5. The highest BCUT2D eigenvalue weighted by Crippen LogP contribution is 2.26. The number of hydrogen-bond donors (Lipinski definition) is 2. The van der Waals surface area contributed by atoms with Crippen LogP contribution in [0.1, 0.15) is 62.3 Å². The van der Waals surface area contributed by atoms with E-state index in [2.05, 4.69) is 17.0 Å². The van der Waals surface area contributed by atoms with Gasteiger partial charge in [0.1, 0.15) is 11.8 Å². The zero-order valence-electron chi connectivity index (χ0n) is 24.1. The first-order chi connectivity index (χ1) is 19.8. The molecule has 0 bridgehead atoms. The van der Waals surface area contributed by atoms with Gasteiger partial charge >= 0.3 is 0 Å². The van der Waals surface area contributed by atoms with E-state index in [1.165, 1.54) is 0 Å². The summed E-state index contributed by atoms with van der Waals surface area (Å²) in [6.07, 6.45) is 3.48. The lowest BCUT2D eigenvalue weighted by molar-refractivity contribution is -0.141. The smallest absolute Gasteiger partial charge is 0.247 e. The number of carbonyl (C=O) groups excluding carboxylic acids is 2. The van der Waals surface area contributed by atoms with Crippen molar-refractivity contribution in [2.45, 2.75) is 63.4 Å². The minimum atomic E-state index is -3.55. The van der Waals surface area contributed by atoms with Crippen molar-refractivity contribution in [3.05, 3.63) is 95.6 Å². The second kappa shape index (κ2) is 15.9. The SMILES string of the molecule is CCCCCNC(=O)[C@H](c1ccccc1)N(Cc1ccc(OC)cc1)C(=O)CCc1ccc(S(=O)(=O)NCC)cc1. The van der Waals surface area contributed by atoms with E-state index in [9.17, 15) is 18.0 Å². The lowest BCUT2D eigenvalue weighted by Crippen LogP contribution is -2.43. The van der Waals surface area contributed by atoms with Crippen LogP contribution < -0.4 is 14.8 Å². The first-order valence-corrected chi connectivity index (χ1v) is 15.6. The fraction of sp³-hybridized carbons (Fsp3) is 0.375. The third-order valence-electron chi connectivity index (χ3n) is 6.78. The molecule has 0 unspecified atom stereocenters. The van der Waals surface area contributed by atoms with E-state index in [-0.39, 0.29) is 29.7 Å². The Morgan fingerprint density at radius 3 is 2.15 bits per heavy atom. The summed E-state index contributed by atoms with van der Waals surface area (Å²) in [7, 11) is -1.95. The largest absolute Gasteiger partial charge is 0.497 e. The van der Waals surface area contributed by atoms with E-state index in [4.69, 9.17) is 4.74 Å². The number of unbranched alkanes of at least 4 members (excludes halogenated alkanes) is 2. The fourth-order valence-corrected chi connectivity index (χ4v) is 5.59. The number of hydrogen-bond acceptors (Lipinski definition) is 5. The van der Waals surface area contributed by atoms with Crippen LogP contribution in [0, 0.1) is 0 Å². The number of sulfonamides is 1. The first kappa shape index (κ1) is 31.8. The van der Waals surface area contributed by atoms with Crippen LogP contribution in [-0.4, -0.2) is 45.3 Å². The molecule has 0 aliphatic rings. The maximum atomic E-state index is 13.9. The average Bonchev–Trinajstić information content (AvgIpc) is 2.99. The third kappa shape index (κ3) is 9.43. The molecule has 8 nitrogen and oxygen atoms in total. The molecular weight excluding hydrogens is 538 g/mol. The molecule has 3 aromatic rings. The zero-order valence-corrected chi connectivity index (χ0v) is 25.0. The lowest BCUT2D eigenvalue weighted by Gasteiger charge is -2.32. The summed E-state index contributed by atoms with van der Waals surface area (Å²) in [5.74, 6) is 0.314. The minimum absolute atomic E-state index is 0.155. The number of nitrogens with zero attached hydrogens (tertiary/aromatic N) is 1. The Hall–Kier alpha value is -3.69. The Morgan fingerprint density at radius 1 is 0.878 bits per heavy atom. The molecule has 0 spiro atoms. The Balaban J connectivity index is 1.87. The molecule has 41 heavy (non-hydrogen) atoms. The molecule has 0 aromatic heterocycles. The Labute approximate surface area is 244 Å². The number of nitrogens with one attached hydrogen (secondary N) is 2. The van der Waals surface area contributed by atoms with Gasteiger partial charge in [-0.3, -0.25) is 9.59 Å². The number of ether oxygens (including phenoxy) is 1. The van der Waals surface area contributed by atoms with E-state index in [0.29, 0.717) is 25.3 Å². The van der Waals surface area contributed by atoms with Crippen molar-refractivity contribution in [1.29, 1.82) is 0 Å². The molecule has 3 rings (SSSR count). The van der Waals surface area contributed by atoms with Gasteiger partial charge in [0.15, 0.2) is 0 Å². The van der Waals surface area contributed by atoms with Crippen molar-refractivity contribution in [2.75, 3.05) is 20.2 Å². The summed E-state index contributed by atoms with van der Waals surface area (Å²) in [5, 5.41) is 3.04. The molecule has 0 radical (unpaired) electrons. The van der Waals surface area contributed by atoms with Crippen LogP contribution in [-0.2, 0) is 32.6 Å². The highest BCUT2D eigenvalue weighted by molar-refractivity contribution is 7.89. The van der Waals surface area contributed by atoms with Gasteiger partial charge in [0.2, 0.25) is 21.8 Å². The quantitative estimate of drug-likeness (QED) is 0.232. The number of carbonyl (C=O) groups is 2. The van der Waals surface area contributed by atoms with Crippen LogP contribution in [0.3, 0.4) is 0 Å². The van der Waals surface area contributed by atoms with Crippen molar-refractivity contribution < 1.29 is 22.7 Å².